The zero-order chi connectivity index (χ0) is 12.3. The summed E-state index contributed by atoms with van der Waals surface area (Å²) in [6, 6.07) is 7.53. The van der Waals surface area contributed by atoms with E-state index in [1.807, 2.05) is 24.3 Å². The second-order valence-electron chi connectivity index (χ2n) is 3.90. The van der Waals surface area contributed by atoms with Crippen LogP contribution >= 0.6 is 0 Å². The third kappa shape index (κ3) is 2.53. The van der Waals surface area contributed by atoms with Gasteiger partial charge in [-0.1, -0.05) is 24.3 Å². The molecular formula is C13H13NO3. The first-order chi connectivity index (χ1) is 8.18. The first kappa shape index (κ1) is 11.4. The Hall–Kier alpha value is -2.10. The number of carboxylic acids is 1. The van der Waals surface area contributed by atoms with E-state index in [0.717, 1.165) is 23.6 Å². The molecule has 1 aliphatic heterocycles. The molecule has 88 valence electrons. The van der Waals surface area contributed by atoms with Crippen LogP contribution in [0.3, 0.4) is 0 Å². The monoisotopic (exact) mass is 231 g/mol. The van der Waals surface area contributed by atoms with Gasteiger partial charge in [0.25, 0.3) is 5.91 Å². The van der Waals surface area contributed by atoms with Crippen LogP contribution in [-0.2, 0) is 11.2 Å². The van der Waals surface area contributed by atoms with Crippen LogP contribution in [-0.4, -0.2) is 35.0 Å². The Morgan fingerprint density at radius 2 is 2.18 bits per heavy atom. The lowest BCUT2D eigenvalue weighted by molar-refractivity contribution is -0.131. The van der Waals surface area contributed by atoms with E-state index in [9.17, 15) is 9.59 Å². The van der Waals surface area contributed by atoms with Gasteiger partial charge in [-0.15, -0.1) is 0 Å². The summed E-state index contributed by atoms with van der Waals surface area (Å²) in [4.78, 5) is 24.0. The van der Waals surface area contributed by atoms with Crippen LogP contribution in [0.5, 0.6) is 0 Å². The van der Waals surface area contributed by atoms with Crippen LogP contribution < -0.4 is 0 Å². The van der Waals surface area contributed by atoms with E-state index in [4.69, 9.17) is 5.11 Å². The number of nitrogens with zero attached hydrogens (tertiary/aromatic N) is 1. The third-order valence-electron chi connectivity index (χ3n) is 2.77. The average molecular weight is 231 g/mol. The molecule has 0 aromatic heterocycles. The van der Waals surface area contributed by atoms with Gasteiger partial charge in [-0.3, -0.25) is 4.79 Å². The first-order valence-corrected chi connectivity index (χ1v) is 5.45. The van der Waals surface area contributed by atoms with Gasteiger partial charge in [0.15, 0.2) is 0 Å². The summed E-state index contributed by atoms with van der Waals surface area (Å²) in [6.45, 7) is 0.985. The summed E-state index contributed by atoms with van der Waals surface area (Å²) < 4.78 is 0. The van der Waals surface area contributed by atoms with Crippen LogP contribution in [0.1, 0.15) is 15.9 Å². The highest BCUT2D eigenvalue weighted by molar-refractivity contribution is 5.96. The fourth-order valence-electron chi connectivity index (χ4n) is 1.93. The summed E-state index contributed by atoms with van der Waals surface area (Å²) in [7, 11) is 0. The molecule has 4 nitrogen and oxygen atoms in total. The number of rotatable bonds is 3. The smallest absolute Gasteiger partial charge is 0.328 e. The summed E-state index contributed by atoms with van der Waals surface area (Å²) in [6.07, 6.45) is 3.38. The van der Waals surface area contributed by atoms with Crippen LogP contribution in [0.15, 0.2) is 36.4 Å². The van der Waals surface area contributed by atoms with Crippen molar-refractivity contribution in [2.24, 2.45) is 0 Å². The van der Waals surface area contributed by atoms with Crippen molar-refractivity contribution in [2.75, 3.05) is 13.1 Å². The molecule has 1 aromatic carbocycles. The molecule has 0 fully saturated rings. The van der Waals surface area contributed by atoms with Crippen molar-refractivity contribution in [3.63, 3.8) is 0 Å². The Labute approximate surface area is 99.2 Å². The number of benzene rings is 1. The van der Waals surface area contributed by atoms with E-state index in [2.05, 4.69) is 0 Å². The molecule has 0 radical (unpaired) electrons. The standard InChI is InChI=1S/C13H13NO3/c15-12(16)6-3-8-14-9-7-10-4-1-2-5-11(10)13(14)17/h1-6H,7-9H2,(H,15,16)/b6-3+. The van der Waals surface area contributed by atoms with Gasteiger partial charge in [0.1, 0.15) is 0 Å². The molecule has 0 bridgehead atoms. The number of carbonyl (C=O) groups excluding carboxylic acids is 1. The van der Waals surface area contributed by atoms with Gasteiger partial charge in [0.05, 0.1) is 0 Å². The van der Waals surface area contributed by atoms with Gasteiger partial charge in [0, 0.05) is 24.7 Å². The van der Waals surface area contributed by atoms with Gasteiger partial charge in [0.2, 0.25) is 0 Å². The lowest BCUT2D eigenvalue weighted by Crippen LogP contribution is -2.37. The molecule has 1 aliphatic rings. The zero-order valence-electron chi connectivity index (χ0n) is 9.30. The SMILES string of the molecule is O=C(O)/C=C/CN1CCc2ccccc2C1=O. The largest absolute Gasteiger partial charge is 0.478 e. The number of aliphatic carboxylic acids is 1. The highest BCUT2D eigenvalue weighted by Gasteiger charge is 2.22. The van der Waals surface area contributed by atoms with Gasteiger partial charge < -0.3 is 10.0 Å². The molecule has 1 aromatic rings. The van der Waals surface area contributed by atoms with Crippen molar-refractivity contribution in [1.82, 2.24) is 4.90 Å². The molecule has 0 saturated carbocycles. The Morgan fingerprint density at radius 1 is 1.41 bits per heavy atom. The van der Waals surface area contributed by atoms with Crippen LogP contribution in [0, 0.1) is 0 Å². The van der Waals surface area contributed by atoms with Crippen molar-refractivity contribution >= 4 is 11.9 Å². The third-order valence-corrected chi connectivity index (χ3v) is 2.77. The number of amides is 1. The summed E-state index contributed by atoms with van der Waals surface area (Å²) in [5.74, 6) is -1.02. The number of hydrogen-bond acceptors (Lipinski definition) is 2. The molecule has 1 N–H and O–H groups in total. The molecule has 0 saturated heterocycles. The van der Waals surface area contributed by atoms with Crippen LogP contribution in [0.4, 0.5) is 0 Å². The van der Waals surface area contributed by atoms with E-state index < -0.39 is 5.97 Å². The van der Waals surface area contributed by atoms with Crippen LogP contribution in [0.25, 0.3) is 0 Å². The topological polar surface area (TPSA) is 57.6 Å². The summed E-state index contributed by atoms with van der Waals surface area (Å²) in [5, 5.41) is 8.48. The summed E-state index contributed by atoms with van der Waals surface area (Å²) >= 11 is 0. The van der Waals surface area contributed by atoms with Crippen molar-refractivity contribution in [3.8, 4) is 0 Å². The van der Waals surface area contributed by atoms with Crippen molar-refractivity contribution in [3.05, 3.63) is 47.5 Å². The molecule has 2 rings (SSSR count). The first-order valence-electron chi connectivity index (χ1n) is 5.45. The molecule has 1 heterocycles. The number of carboxylic acid groups (broad SMARTS) is 1. The van der Waals surface area contributed by atoms with E-state index in [-0.39, 0.29) is 5.91 Å². The zero-order valence-corrected chi connectivity index (χ0v) is 9.30. The minimum atomic E-state index is -0.991. The quantitative estimate of drug-likeness (QED) is 0.798. The lowest BCUT2D eigenvalue weighted by atomic mass is 9.99. The highest BCUT2D eigenvalue weighted by Crippen LogP contribution is 2.18. The van der Waals surface area contributed by atoms with Crippen molar-refractivity contribution in [1.29, 1.82) is 0 Å². The fourth-order valence-corrected chi connectivity index (χ4v) is 1.93. The Kier molecular flexibility index (Phi) is 3.23. The molecule has 17 heavy (non-hydrogen) atoms. The molecule has 0 atom stereocenters. The minimum Gasteiger partial charge on any atom is -0.478 e. The van der Waals surface area contributed by atoms with Gasteiger partial charge in [-0.2, -0.15) is 0 Å². The molecule has 0 aliphatic carbocycles. The van der Waals surface area contributed by atoms with Crippen LogP contribution in [0.2, 0.25) is 0 Å². The minimum absolute atomic E-state index is 0.0260. The molecule has 0 spiro atoms. The van der Waals surface area contributed by atoms with Gasteiger partial charge in [-0.25, -0.2) is 4.79 Å². The van der Waals surface area contributed by atoms with Gasteiger partial charge >= 0.3 is 5.97 Å². The molecular weight excluding hydrogens is 218 g/mol. The van der Waals surface area contributed by atoms with E-state index in [1.165, 1.54) is 6.08 Å². The fraction of sp³-hybridized carbons (Fsp3) is 0.231. The predicted molar refractivity (Wildman–Crippen MR) is 62.8 cm³/mol. The van der Waals surface area contributed by atoms with E-state index >= 15 is 0 Å². The van der Waals surface area contributed by atoms with E-state index in [0.29, 0.717) is 13.1 Å². The molecule has 0 unspecified atom stereocenters. The van der Waals surface area contributed by atoms with Crippen molar-refractivity contribution < 1.29 is 14.7 Å². The Morgan fingerprint density at radius 3 is 2.94 bits per heavy atom. The molecule has 1 amide bonds. The average Bonchev–Trinajstić information content (AvgIpc) is 2.32. The normalized spacial score (nSPS) is 15.1. The Balaban J connectivity index is 2.10. The lowest BCUT2D eigenvalue weighted by Gasteiger charge is -2.27. The maximum absolute atomic E-state index is 12.0. The summed E-state index contributed by atoms with van der Waals surface area (Å²) in [5.41, 5.74) is 1.79. The maximum Gasteiger partial charge on any atom is 0.328 e. The van der Waals surface area contributed by atoms with Gasteiger partial charge in [-0.05, 0) is 18.1 Å². The second kappa shape index (κ2) is 4.82. The number of hydrogen-bond donors (Lipinski definition) is 1. The molecule has 4 heteroatoms. The number of fused-ring (bicyclic) bond motifs is 1. The highest BCUT2D eigenvalue weighted by atomic mass is 16.4. The maximum atomic E-state index is 12.0. The number of carbonyl (C=O) groups is 2. The van der Waals surface area contributed by atoms with Crippen molar-refractivity contribution in [2.45, 2.75) is 6.42 Å². The predicted octanol–water partition coefficient (Wildman–Crippen LogP) is 1.33. The second-order valence-corrected chi connectivity index (χ2v) is 3.90. The van der Waals surface area contributed by atoms with E-state index in [1.54, 1.807) is 4.90 Å². The Bertz CT molecular complexity index is 479.